The summed E-state index contributed by atoms with van der Waals surface area (Å²) in [6.07, 6.45) is 0.641. The maximum Gasteiger partial charge on any atom is 0.306 e. The van der Waals surface area contributed by atoms with Gasteiger partial charge in [-0.1, -0.05) is 12.1 Å². The molecule has 1 aliphatic heterocycles. The number of fused-ring (bicyclic) bond motifs is 1. The van der Waals surface area contributed by atoms with Crippen molar-refractivity contribution in [3.8, 4) is 0 Å². The molecule has 1 aliphatic rings. The summed E-state index contributed by atoms with van der Waals surface area (Å²) in [7, 11) is 4.01. The Morgan fingerprint density at radius 3 is 2.65 bits per heavy atom. The SMILES string of the molecule is CN(C)c1ccc2cc(NC(=O)C[C@H]3COC(=O)C3)ccc2c1. The monoisotopic (exact) mass is 312 g/mol. The van der Waals surface area contributed by atoms with E-state index in [9.17, 15) is 9.59 Å². The molecule has 1 atom stereocenters. The molecule has 5 nitrogen and oxygen atoms in total. The topological polar surface area (TPSA) is 58.6 Å². The lowest BCUT2D eigenvalue weighted by molar-refractivity contribution is -0.138. The molecule has 3 rings (SSSR count). The van der Waals surface area contributed by atoms with Gasteiger partial charge >= 0.3 is 5.97 Å². The molecule has 0 unspecified atom stereocenters. The van der Waals surface area contributed by atoms with Crippen LogP contribution in [0.1, 0.15) is 12.8 Å². The lowest BCUT2D eigenvalue weighted by Crippen LogP contribution is -2.16. The van der Waals surface area contributed by atoms with E-state index in [0.717, 1.165) is 22.1 Å². The molecule has 1 heterocycles. The van der Waals surface area contributed by atoms with Crippen molar-refractivity contribution in [2.45, 2.75) is 12.8 Å². The standard InChI is InChI=1S/C18H20N2O3/c1-20(2)16-6-4-13-9-15(5-3-14(13)10-16)19-17(21)7-12-8-18(22)23-11-12/h3-6,9-10,12H,7-8,11H2,1-2H3,(H,19,21)/t12-/m1/s1. The van der Waals surface area contributed by atoms with E-state index in [2.05, 4.69) is 22.3 Å². The summed E-state index contributed by atoms with van der Waals surface area (Å²) < 4.78 is 4.88. The number of hydrogen-bond acceptors (Lipinski definition) is 4. The molecule has 0 saturated carbocycles. The minimum absolute atomic E-state index is 0.00870. The summed E-state index contributed by atoms with van der Waals surface area (Å²) in [5.74, 6) is -0.312. The second kappa shape index (κ2) is 6.28. The Bertz CT molecular complexity index is 755. The lowest BCUT2D eigenvalue weighted by atomic mass is 10.0. The first kappa shape index (κ1) is 15.3. The molecule has 1 fully saturated rings. The van der Waals surface area contributed by atoms with Gasteiger partial charge in [0.05, 0.1) is 13.0 Å². The number of anilines is 2. The van der Waals surface area contributed by atoms with Crippen LogP contribution in [-0.2, 0) is 14.3 Å². The first-order chi connectivity index (χ1) is 11.0. The van der Waals surface area contributed by atoms with Gasteiger partial charge in [-0.2, -0.15) is 0 Å². The summed E-state index contributed by atoms with van der Waals surface area (Å²) >= 11 is 0. The number of rotatable bonds is 4. The highest BCUT2D eigenvalue weighted by molar-refractivity contribution is 5.95. The van der Waals surface area contributed by atoms with E-state index in [-0.39, 0.29) is 17.8 Å². The number of benzene rings is 2. The predicted octanol–water partition coefficient (Wildman–Crippen LogP) is 2.80. The molecule has 0 spiro atoms. The van der Waals surface area contributed by atoms with Crippen LogP contribution >= 0.6 is 0 Å². The second-order valence-electron chi connectivity index (χ2n) is 6.15. The number of cyclic esters (lactones) is 1. The number of esters is 1. The van der Waals surface area contributed by atoms with Crippen LogP contribution < -0.4 is 10.2 Å². The molecular formula is C18H20N2O3. The maximum atomic E-state index is 12.1. The normalized spacial score (nSPS) is 17.1. The Hall–Kier alpha value is -2.56. The summed E-state index contributed by atoms with van der Waals surface area (Å²) in [5, 5.41) is 5.10. The predicted molar refractivity (Wildman–Crippen MR) is 90.6 cm³/mol. The van der Waals surface area contributed by atoms with Gasteiger partial charge in [-0.25, -0.2) is 0 Å². The van der Waals surface area contributed by atoms with Crippen LogP contribution in [0.2, 0.25) is 0 Å². The maximum absolute atomic E-state index is 12.1. The van der Waals surface area contributed by atoms with E-state index in [1.165, 1.54) is 0 Å². The van der Waals surface area contributed by atoms with Crippen LogP contribution in [0, 0.1) is 5.92 Å². The van der Waals surface area contributed by atoms with Crippen molar-refractivity contribution < 1.29 is 14.3 Å². The highest BCUT2D eigenvalue weighted by atomic mass is 16.5. The van der Waals surface area contributed by atoms with Gasteiger partial charge in [0.25, 0.3) is 0 Å². The number of nitrogens with one attached hydrogen (secondary N) is 1. The lowest BCUT2D eigenvalue weighted by Gasteiger charge is -2.13. The third-order valence-corrected chi connectivity index (χ3v) is 4.03. The minimum Gasteiger partial charge on any atom is -0.465 e. The van der Waals surface area contributed by atoms with Crippen LogP contribution in [0.5, 0.6) is 0 Å². The number of hydrogen-bond donors (Lipinski definition) is 1. The summed E-state index contributed by atoms with van der Waals surface area (Å²) in [5.41, 5.74) is 1.91. The Morgan fingerprint density at radius 1 is 1.22 bits per heavy atom. The molecule has 0 radical (unpaired) electrons. The van der Waals surface area contributed by atoms with Crippen LogP contribution in [0.4, 0.5) is 11.4 Å². The molecule has 0 aromatic heterocycles. The van der Waals surface area contributed by atoms with Crippen LogP contribution in [0.3, 0.4) is 0 Å². The van der Waals surface area contributed by atoms with Gasteiger partial charge in [-0.05, 0) is 35.0 Å². The number of ether oxygens (including phenoxy) is 1. The van der Waals surface area contributed by atoms with E-state index in [1.807, 2.05) is 38.4 Å². The summed E-state index contributed by atoms with van der Waals surface area (Å²) in [6.45, 7) is 0.345. The van der Waals surface area contributed by atoms with Gasteiger partial charge in [-0.3, -0.25) is 9.59 Å². The quantitative estimate of drug-likeness (QED) is 0.882. The first-order valence-corrected chi connectivity index (χ1v) is 7.68. The number of nitrogens with zero attached hydrogens (tertiary/aromatic N) is 1. The molecular weight excluding hydrogens is 292 g/mol. The molecule has 2 aromatic rings. The molecule has 1 saturated heterocycles. The Kier molecular flexibility index (Phi) is 4.19. The highest BCUT2D eigenvalue weighted by Gasteiger charge is 2.25. The van der Waals surface area contributed by atoms with Gasteiger partial charge in [0.2, 0.25) is 5.91 Å². The average molecular weight is 312 g/mol. The van der Waals surface area contributed by atoms with Crippen molar-refractivity contribution in [3.63, 3.8) is 0 Å². The van der Waals surface area contributed by atoms with Crippen molar-refractivity contribution in [1.29, 1.82) is 0 Å². The van der Waals surface area contributed by atoms with Crippen LogP contribution in [0.25, 0.3) is 10.8 Å². The zero-order valence-electron chi connectivity index (χ0n) is 13.3. The Balaban J connectivity index is 1.69. The van der Waals surface area contributed by atoms with Crippen molar-refractivity contribution in [1.82, 2.24) is 0 Å². The minimum atomic E-state index is -0.217. The number of amides is 1. The fraction of sp³-hybridized carbons (Fsp3) is 0.333. The van der Waals surface area contributed by atoms with Gasteiger partial charge in [0, 0.05) is 37.8 Å². The van der Waals surface area contributed by atoms with Crippen molar-refractivity contribution in [2.75, 3.05) is 30.9 Å². The van der Waals surface area contributed by atoms with Crippen molar-refractivity contribution in [2.24, 2.45) is 5.92 Å². The Labute approximate surface area is 135 Å². The molecule has 0 aliphatic carbocycles. The van der Waals surface area contributed by atoms with E-state index in [4.69, 9.17) is 4.74 Å². The number of carbonyl (C=O) groups excluding carboxylic acids is 2. The molecule has 120 valence electrons. The fourth-order valence-electron chi connectivity index (χ4n) is 2.76. The van der Waals surface area contributed by atoms with Crippen LogP contribution in [-0.4, -0.2) is 32.6 Å². The third-order valence-electron chi connectivity index (χ3n) is 4.03. The van der Waals surface area contributed by atoms with E-state index in [0.29, 0.717) is 19.4 Å². The van der Waals surface area contributed by atoms with Gasteiger partial charge < -0.3 is 15.0 Å². The number of carbonyl (C=O) groups is 2. The zero-order valence-corrected chi connectivity index (χ0v) is 13.3. The van der Waals surface area contributed by atoms with E-state index >= 15 is 0 Å². The third kappa shape index (κ3) is 3.62. The van der Waals surface area contributed by atoms with Gasteiger partial charge in [0.1, 0.15) is 0 Å². The Morgan fingerprint density at radius 2 is 1.96 bits per heavy atom. The molecule has 1 amide bonds. The van der Waals surface area contributed by atoms with Crippen molar-refractivity contribution >= 4 is 34.0 Å². The molecule has 23 heavy (non-hydrogen) atoms. The fourth-order valence-corrected chi connectivity index (χ4v) is 2.76. The highest BCUT2D eigenvalue weighted by Crippen LogP contribution is 2.24. The van der Waals surface area contributed by atoms with Crippen LogP contribution in [0.15, 0.2) is 36.4 Å². The van der Waals surface area contributed by atoms with Gasteiger partial charge in [-0.15, -0.1) is 0 Å². The first-order valence-electron chi connectivity index (χ1n) is 7.68. The van der Waals surface area contributed by atoms with E-state index < -0.39 is 0 Å². The zero-order chi connectivity index (χ0) is 16.4. The summed E-state index contributed by atoms with van der Waals surface area (Å²) in [4.78, 5) is 25.2. The molecule has 0 bridgehead atoms. The largest absolute Gasteiger partial charge is 0.465 e. The molecule has 5 heteroatoms. The second-order valence-corrected chi connectivity index (χ2v) is 6.15. The van der Waals surface area contributed by atoms with E-state index in [1.54, 1.807) is 0 Å². The summed E-state index contributed by atoms with van der Waals surface area (Å²) in [6, 6.07) is 12.1. The van der Waals surface area contributed by atoms with Gasteiger partial charge in [0.15, 0.2) is 0 Å². The average Bonchev–Trinajstić information content (AvgIpc) is 2.91. The smallest absolute Gasteiger partial charge is 0.306 e. The molecule has 1 N–H and O–H groups in total. The molecule has 2 aromatic carbocycles. The van der Waals surface area contributed by atoms with Crippen molar-refractivity contribution in [3.05, 3.63) is 36.4 Å².